The largest absolute Gasteiger partial charge is 0.420 e. The quantitative estimate of drug-likeness (QED) is 0.865. The van der Waals surface area contributed by atoms with Crippen molar-refractivity contribution in [1.29, 1.82) is 0 Å². The molecule has 0 spiro atoms. The lowest BCUT2D eigenvalue weighted by atomic mass is 10.1. The summed E-state index contributed by atoms with van der Waals surface area (Å²) in [5, 5.41) is 8.16. The van der Waals surface area contributed by atoms with Gasteiger partial charge in [-0.3, -0.25) is 0 Å². The van der Waals surface area contributed by atoms with Crippen LogP contribution in [-0.4, -0.2) is 37.0 Å². The molecule has 0 aliphatic heterocycles. The molecule has 0 radical (unpaired) electrons. The van der Waals surface area contributed by atoms with E-state index in [-0.39, 0.29) is 10.3 Å². The van der Waals surface area contributed by atoms with Crippen LogP contribution >= 0.6 is 0 Å². The van der Waals surface area contributed by atoms with Gasteiger partial charge in [0.1, 0.15) is 0 Å². The topological polar surface area (TPSA) is 76.3 Å². The molecule has 0 bridgehead atoms. The maximum absolute atomic E-state index is 12.2. The van der Waals surface area contributed by atoms with Crippen LogP contribution in [0.15, 0.2) is 33.6 Å². The number of rotatable bonds is 4. The Kier molecular flexibility index (Phi) is 3.37. The van der Waals surface area contributed by atoms with E-state index in [9.17, 15) is 8.42 Å². The van der Waals surface area contributed by atoms with E-state index < -0.39 is 10.0 Å². The van der Waals surface area contributed by atoms with Gasteiger partial charge in [-0.2, -0.15) is 0 Å². The van der Waals surface area contributed by atoms with E-state index in [1.165, 1.54) is 18.4 Å². The maximum atomic E-state index is 12.2. The van der Waals surface area contributed by atoms with Gasteiger partial charge < -0.3 is 4.42 Å². The molecule has 1 saturated carbocycles. The number of aromatic nitrogens is 2. The molecule has 1 heterocycles. The summed E-state index contributed by atoms with van der Waals surface area (Å²) >= 11 is 0. The molecule has 3 rings (SSSR count). The molecule has 0 saturated heterocycles. The van der Waals surface area contributed by atoms with Crippen molar-refractivity contribution in [1.82, 2.24) is 14.5 Å². The van der Waals surface area contributed by atoms with Crippen LogP contribution in [0, 0.1) is 5.41 Å². The summed E-state index contributed by atoms with van der Waals surface area (Å²) in [5.74, 6) is 1.27. The van der Waals surface area contributed by atoms with Gasteiger partial charge in [0.25, 0.3) is 0 Å². The summed E-state index contributed by atoms with van der Waals surface area (Å²) in [6.45, 7) is 4.32. The van der Waals surface area contributed by atoms with Crippen LogP contribution in [0.2, 0.25) is 0 Å². The van der Waals surface area contributed by atoms with Gasteiger partial charge in [0.15, 0.2) is 0 Å². The number of nitrogens with zero attached hydrogens (tertiary/aromatic N) is 3. The molecular weight excluding hydrogens is 302 g/mol. The molecule has 0 N–H and O–H groups in total. The van der Waals surface area contributed by atoms with E-state index in [2.05, 4.69) is 24.0 Å². The monoisotopic (exact) mass is 321 g/mol. The van der Waals surface area contributed by atoms with E-state index in [4.69, 9.17) is 4.42 Å². The Morgan fingerprint density at radius 3 is 2.55 bits per heavy atom. The first-order valence-electron chi connectivity index (χ1n) is 7.08. The molecule has 1 aromatic carbocycles. The Morgan fingerprint density at radius 1 is 1.27 bits per heavy atom. The summed E-state index contributed by atoms with van der Waals surface area (Å²) in [5.41, 5.74) is 0.819. The number of sulfonamides is 1. The first-order valence-corrected chi connectivity index (χ1v) is 8.52. The smallest absolute Gasteiger partial charge is 0.247 e. The second kappa shape index (κ2) is 4.89. The summed E-state index contributed by atoms with van der Waals surface area (Å²) < 4.78 is 31.3. The SMILES string of the molecule is CN(C)S(=O)(=O)c1cccc(-c2nnc([C@@H]3CC3(C)C)o2)c1. The standard InChI is InChI=1S/C15H19N3O3S/c1-15(2)9-12(15)14-17-16-13(21-14)10-6-5-7-11(8-10)22(19,20)18(3)4/h5-8,12H,9H2,1-4H3/t12-/m0/s1. The fourth-order valence-corrected chi connectivity index (χ4v) is 3.33. The summed E-state index contributed by atoms with van der Waals surface area (Å²) in [7, 11) is -0.476. The highest BCUT2D eigenvalue weighted by molar-refractivity contribution is 7.89. The molecule has 0 amide bonds. The Bertz CT molecular complexity index is 809. The molecular formula is C15H19N3O3S. The average molecular weight is 321 g/mol. The van der Waals surface area contributed by atoms with Crippen LogP contribution in [0.5, 0.6) is 0 Å². The highest BCUT2D eigenvalue weighted by Crippen LogP contribution is 2.58. The lowest BCUT2D eigenvalue weighted by Gasteiger charge is -2.11. The van der Waals surface area contributed by atoms with Crippen molar-refractivity contribution in [2.24, 2.45) is 5.41 Å². The van der Waals surface area contributed by atoms with Gasteiger partial charge in [-0.15, -0.1) is 10.2 Å². The molecule has 1 fully saturated rings. The van der Waals surface area contributed by atoms with Crippen molar-refractivity contribution in [2.75, 3.05) is 14.1 Å². The highest BCUT2D eigenvalue weighted by Gasteiger charge is 2.50. The van der Waals surface area contributed by atoms with E-state index in [1.54, 1.807) is 24.3 Å². The Balaban J connectivity index is 1.94. The van der Waals surface area contributed by atoms with E-state index in [0.29, 0.717) is 23.3 Å². The molecule has 0 unspecified atom stereocenters. The molecule has 118 valence electrons. The maximum Gasteiger partial charge on any atom is 0.247 e. The van der Waals surface area contributed by atoms with Crippen LogP contribution in [0.3, 0.4) is 0 Å². The van der Waals surface area contributed by atoms with Crippen molar-refractivity contribution in [3.63, 3.8) is 0 Å². The molecule has 1 aliphatic rings. The fourth-order valence-electron chi connectivity index (χ4n) is 2.38. The van der Waals surface area contributed by atoms with Crippen LogP contribution in [0.1, 0.15) is 32.1 Å². The predicted octanol–water partition coefficient (Wildman–Crippen LogP) is 2.50. The summed E-state index contributed by atoms with van der Waals surface area (Å²) in [6.07, 6.45) is 1.03. The van der Waals surface area contributed by atoms with Crippen LogP contribution in [0.4, 0.5) is 0 Å². The molecule has 1 atom stereocenters. The third-order valence-electron chi connectivity index (χ3n) is 4.11. The minimum Gasteiger partial charge on any atom is -0.420 e. The Morgan fingerprint density at radius 2 is 1.95 bits per heavy atom. The second-order valence-corrected chi connectivity index (χ2v) is 8.66. The lowest BCUT2D eigenvalue weighted by molar-refractivity contribution is 0.476. The highest BCUT2D eigenvalue weighted by atomic mass is 32.2. The molecule has 22 heavy (non-hydrogen) atoms. The molecule has 7 heteroatoms. The lowest BCUT2D eigenvalue weighted by Crippen LogP contribution is -2.22. The first-order chi connectivity index (χ1) is 10.2. The second-order valence-electron chi connectivity index (χ2n) is 6.51. The van der Waals surface area contributed by atoms with Gasteiger partial charge in [0.2, 0.25) is 21.8 Å². The minimum atomic E-state index is -3.48. The molecule has 6 nitrogen and oxygen atoms in total. The number of hydrogen-bond acceptors (Lipinski definition) is 5. The minimum absolute atomic E-state index is 0.208. The third kappa shape index (κ3) is 2.55. The fraction of sp³-hybridized carbons (Fsp3) is 0.467. The van der Waals surface area contributed by atoms with Gasteiger partial charge in [0, 0.05) is 25.6 Å². The van der Waals surface area contributed by atoms with Gasteiger partial charge in [-0.25, -0.2) is 12.7 Å². The average Bonchev–Trinajstić information content (AvgIpc) is 2.89. The van der Waals surface area contributed by atoms with E-state index in [0.717, 1.165) is 6.42 Å². The van der Waals surface area contributed by atoms with Crippen molar-refractivity contribution >= 4 is 10.0 Å². The predicted molar refractivity (Wildman–Crippen MR) is 81.7 cm³/mol. The van der Waals surface area contributed by atoms with Crippen LogP contribution in [0.25, 0.3) is 11.5 Å². The van der Waals surface area contributed by atoms with Gasteiger partial charge in [-0.1, -0.05) is 19.9 Å². The molecule has 2 aromatic rings. The van der Waals surface area contributed by atoms with Gasteiger partial charge >= 0.3 is 0 Å². The van der Waals surface area contributed by atoms with Gasteiger partial charge in [0.05, 0.1) is 4.90 Å². The zero-order valence-corrected chi connectivity index (χ0v) is 13.9. The Hall–Kier alpha value is -1.73. The zero-order valence-electron chi connectivity index (χ0n) is 13.1. The molecule has 1 aromatic heterocycles. The Labute approximate surface area is 130 Å². The van der Waals surface area contributed by atoms with Gasteiger partial charge in [-0.05, 0) is 30.0 Å². The van der Waals surface area contributed by atoms with Crippen molar-refractivity contribution in [3.05, 3.63) is 30.2 Å². The van der Waals surface area contributed by atoms with E-state index >= 15 is 0 Å². The summed E-state index contributed by atoms with van der Waals surface area (Å²) in [6, 6.07) is 6.56. The first kappa shape index (κ1) is 15.2. The van der Waals surface area contributed by atoms with Crippen molar-refractivity contribution in [3.8, 4) is 11.5 Å². The molecule has 1 aliphatic carbocycles. The third-order valence-corrected chi connectivity index (χ3v) is 5.92. The van der Waals surface area contributed by atoms with Crippen LogP contribution in [-0.2, 0) is 10.0 Å². The number of hydrogen-bond donors (Lipinski definition) is 0. The normalized spacial score (nSPS) is 20.3. The zero-order chi connectivity index (χ0) is 16.1. The van der Waals surface area contributed by atoms with Crippen molar-refractivity contribution < 1.29 is 12.8 Å². The van der Waals surface area contributed by atoms with Crippen LogP contribution < -0.4 is 0 Å². The number of benzene rings is 1. The van der Waals surface area contributed by atoms with Crippen molar-refractivity contribution in [2.45, 2.75) is 31.1 Å². The summed E-state index contributed by atoms with van der Waals surface area (Å²) in [4.78, 5) is 0.210. The van der Waals surface area contributed by atoms with E-state index in [1.807, 2.05) is 0 Å².